The molecular formula is C44H26N2O. The Labute approximate surface area is 270 Å². The summed E-state index contributed by atoms with van der Waals surface area (Å²) in [6.45, 7) is 0. The second kappa shape index (κ2) is 10.1. The van der Waals surface area contributed by atoms with Crippen molar-refractivity contribution in [3.63, 3.8) is 0 Å². The zero-order chi connectivity index (χ0) is 30.9. The Morgan fingerprint density at radius 3 is 1.83 bits per heavy atom. The third-order valence-corrected chi connectivity index (χ3v) is 9.43. The third kappa shape index (κ3) is 4.00. The lowest BCUT2D eigenvalue weighted by Crippen LogP contribution is -1.95. The Bertz CT molecular complexity index is 2840. The van der Waals surface area contributed by atoms with Crippen LogP contribution in [0.3, 0.4) is 0 Å². The van der Waals surface area contributed by atoms with E-state index < -0.39 is 0 Å². The summed E-state index contributed by atoms with van der Waals surface area (Å²) < 4.78 is 6.53. The van der Waals surface area contributed by atoms with E-state index in [2.05, 4.69) is 127 Å². The zero-order valence-corrected chi connectivity index (χ0v) is 25.3. The molecule has 3 heteroatoms. The van der Waals surface area contributed by atoms with Crippen LogP contribution in [-0.2, 0) is 0 Å². The second-order valence-electron chi connectivity index (χ2n) is 12.1. The molecule has 2 heterocycles. The molecule has 0 aliphatic rings. The minimum Gasteiger partial charge on any atom is -0.455 e. The summed E-state index contributed by atoms with van der Waals surface area (Å²) in [5, 5.41) is 10.6. The van der Waals surface area contributed by atoms with Crippen LogP contribution >= 0.6 is 0 Å². The van der Waals surface area contributed by atoms with Crippen molar-refractivity contribution in [2.45, 2.75) is 0 Å². The smallest absolute Gasteiger partial charge is 0.160 e. The maximum absolute atomic E-state index is 6.53. The Kier molecular flexibility index (Phi) is 5.57. The average Bonchev–Trinajstić information content (AvgIpc) is 3.55. The van der Waals surface area contributed by atoms with Crippen LogP contribution in [0.1, 0.15) is 0 Å². The van der Waals surface area contributed by atoms with Crippen molar-refractivity contribution < 1.29 is 4.42 Å². The maximum atomic E-state index is 6.53. The molecule has 0 spiro atoms. The van der Waals surface area contributed by atoms with E-state index in [1.165, 1.54) is 32.3 Å². The van der Waals surface area contributed by atoms with E-state index in [0.717, 1.165) is 66.6 Å². The number of fused-ring (bicyclic) bond motifs is 11. The number of aromatic nitrogens is 2. The van der Waals surface area contributed by atoms with Gasteiger partial charge >= 0.3 is 0 Å². The quantitative estimate of drug-likeness (QED) is 0.190. The Balaban J connectivity index is 1.19. The lowest BCUT2D eigenvalue weighted by atomic mass is 9.91. The van der Waals surface area contributed by atoms with Gasteiger partial charge in [-0.15, -0.1) is 0 Å². The van der Waals surface area contributed by atoms with Gasteiger partial charge in [0.15, 0.2) is 5.82 Å². The van der Waals surface area contributed by atoms with Crippen molar-refractivity contribution in [1.82, 2.24) is 9.97 Å². The first kappa shape index (κ1) is 26.0. The van der Waals surface area contributed by atoms with Gasteiger partial charge in [0.25, 0.3) is 0 Å². The van der Waals surface area contributed by atoms with Crippen molar-refractivity contribution >= 4 is 65.2 Å². The summed E-state index contributed by atoms with van der Waals surface area (Å²) in [5.41, 5.74) is 8.08. The number of furan rings is 1. The van der Waals surface area contributed by atoms with Gasteiger partial charge in [-0.25, -0.2) is 9.97 Å². The highest BCUT2D eigenvalue weighted by atomic mass is 16.3. The van der Waals surface area contributed by atoms with E-state index >= 15 is 0 Å². The minimum atomic E-state index is 0.730. The van der Waals surface area contributed by atoms with E-state index in [-0.39, 0.29) is 0 Å². The van der Waals surface area contributed by atoms with Gasteiger partial charge in [-0.2, -0.15) is 0 Å². The molecule has 3 nitrogen and oxygen atoms in total. The van der Waals surface area contributed by atoms with Crippen LogP contribution in [0, 0.1) is 0 Å². The largest absolute Gasteiger partial charge is 0.455 e. The molecule has 0 aliphatic heterocycles. The van der Waals surface area contributed by atoms with Crippen molar-refractivity contribution in [2.75, 3.05) is 0 Å². The molecule has 0 atom stereocenters. The van der Waals surface area contributed by atoms with E-state index in [4.69, 9.17) is 14.4 Å². The maximum Gasteiger partial charge on any atom is 0.160 e. The van der Waals surface area contributed by atoms with Gasteiger partial charge in [-0.05, 0) is 63.0 Å². The molecule has 10 aromatic rings. The second-order valence-corrected chi connectivity index (χ2v) is 12.1. The molecule has 0 amide bonds. The van der Waals surface area contributed by atoms with Gasteiger partial charge in [0.2, 0.25) is 0 Å². The van der Waals surface area contributed by atoms with Crippen LogP contribution in [0.2, 0.25) is 0 Å². The summed E-state index contributed by atoms with van der Waals surface area (Å²) in [6.07, 6.45) is 0. The highest BCUT2D eigenvalue weighted by Crippen LogP contribution is 2.43. The van der Waals surface area contributed by atoms with Crippen LogP contribution in [0.5, 0.6) is 0 Å². The predicted octanol–water partition coefficient (Wildman–Crippen LogP) is 12.0. The van der Waals surface area contributed by atoms with Crippen molar-refractivity contribution in [3.05, 3.63) is 158 Å². The topological polar surface area (TPSA) is 38.9 Å². The molecule has 2 aromatic heterocycles. The molecule has 0 N–H and O–H groups in total. The molecule has 47 heavy (non-hydrogen) atoms. The molecule has 0 bridgehead atoms. The number of nitrogens with zero attached hydrogens (tertiary/aromatic N) is 2. The Morgan fingerprint density at radius 1 is 0.383 bits per heavy atom. The number of hydrogen-bond acceptors (Lipinski definition) is 3. The molecule has 10 rings (SSSR count). The number of rotatable bonds is 3. The Morgan fingerprint density at radius 2 is 1.02 bits per heavy atom. The van der Waals surface area contributed by atoms with Crippen LogP contribution in [0.25, 0.3) is 98.9 Å². The highest BCUT2D eigenvalue weighted by molar-refractivity contribution is 6.34. The zero-order valence-electron chi connectivity index (χ0n) is 25.3. The van der Waals surface area contributed by atoms with Crippen LogP contribution < -0.4 is 0 Å². The number of benzene rings is 8. The molecule has 218 valence electrons. The van der Waals surface area contributed by atoms with Crippen molar-refractivity contribution in [3.8, 4) is 33.8 Å². The predicted molar refractivity (Wildman–Crippen MR) is 196 cm³/mol. The number of para-hydroxylation sites is 1. The molecule has 0 saturated carbocycles. The fourth-order valence-corrected chi connectivity index (χ4v) is 7.25. The molecule has 0 unspecified atom stereocenters. The molecule has 0 saturated heterocycles. The van der Waals surface area contributed by atoms with Gasteiger partial charge in [0.05, 0.1) is 11.2 Å². The SMILES string of the molecule is c1ccc(-c2nc(-c3ccccc3)c3cc(-c4ccc5c(ccc6c7oc8ccccc8c7c7ccccc7c56)c4)ccc3n2)cc1. The minimum absolute atomic E-state index is 0.730. The van der Waals surface area contributed by atoms with E-state index in [1.54, 1.807) is 0 Å². The third-order valence-electron chi connectivity index (χ3n) is 9.43. The van der Waals surface area contributed by atoms with Gasteiger partial charge in [-0.1, -0.05) is 127 Å². The normalized spacial score (nSPS) is 11.8. The molecular weight excluding hydrogens is 572 g/mol. The van der Waals surface area contributed by atoms with Crippen LogP contribution in [0.4, 0.5) is 0 Å². The fourth-order valence-electron chi connectivity index (χ4n) is 7.25. The van der Waals surface area contributed by atoms with Crippen LogP contribution in [0.15, 0.2) is 162 Å². The van der Waals surface area contributed by atoms with Gasteiger partial charge < -0.3 is 4.42 Å². The first-order valence-corrected chi connectivity index (χ1v) is 15.9. The van der Waals surface area contributed by atoms with Crippen molar-refractivity contribution in [2.24, 2.45) is 0 Å². The lowest BCUT2D eigenvalue weighted by Gasteiger charge is -2.13. The molecule has 0 fully saturated rings. The highest BCUT2D eigenvalue weighted by Gasteiger charge is 2.18. The summed E-state index contributed by atoms with van der Waals surface area (Å²) in [4.78, 5) is 10.1. The van der Waals surface area contributed by atoms with Crippen molar-refractivity contribution in [1.29, 1.82) is 0 Å². The first-order chi connectivity index (χ1) is 23.3. The summed E-state index contributed by atoms with van der Waals surface area (Å²) in [5.74, 6) is 0.730. The summed E-state index contributed by atoms with van der Waals surface area (Å²) >= 11 is 0. The van der Waals surface area contributed by atoms with Gasteiger partial charge in [0, 0.05) is 38.1 Å². The van der Waals surface area contributed by atoms with E-state index in [0.29, 0.717) is 0 Å². The van der Waals surface area contributed by atoms with Crippen LogP contribution in [-0.4, -0.2) is 9.97 Å². The molecule has 0 radical (unpaired) electrons. The standard InChI is InChI=1S/C44H26N2O/c1-3-11-27(12-4-1)42-37-26-30(21-24-38(37)45-44(46-42)28-13-5-2-6-14-28)29-19-22-32-31(25-29)20-23-36-40(32)33-15-7-8-16-34(33)41-35-17-9-10-18-39(35)47-43(36)41/h1-26H. The summed E-state index contributed by atoms with van der Waals surface area (Å²) in [7, 11) is 0. The lowest BCUT2D eigenvalue weighted by molar-refractivity contribution is 0.673. The fraction of sp³-hybridized carbons (Fsp3) is 0. The van der Waals surface area contributed by atoms with Gasteiger partial charge in [0.1, 0.15) is 11.2 Å². The first-order valence-electron chi connectivity index (χ1n) is 15.9. The van der Waals surface area contributed by atoms with E-state index in [1.807, 2.05) is 30.3 Å². The average molecular weight is 599 g/mol. The monoisotopic (exact) mass is 598 g/mol. The summed E-state index contributed by atoms with van der Waals surface area (Å²) in [6, 6.07) is 55.5. The molecule has 8 aromatic carbocycles. The van der Waals surface area contributed by atoms with Gasteiger partial charge in [-0.3, -0.25) is 0 Å². The Hall–Kier alpha value is -6.32. The molecule has 0 aliphatic carbocycles. The van der Waals surface area contributed by atoms with E-state index in [9.17, 15) is 0 Å². The number of hydrogen-bond donors (Lipinski definition) is 0.